The maximum atomic E-state index is 12.0. The van der Waals surface area contributed by atoms with Crippen molar-refractivity contribution < 1.29 is 14.0 Å². The van der Waals surface area contributed by atoms with Gasteiger partial charge in [0.25, 0.3) is 0 Å². The normalized spacial score (nSPS) is 14.6. The highest BCUT2D eigenvalue weighted by Crippen LogP contribution is 2.28. The number of benzene rings is 1. The minimum absolute atomic E-state index is 0.00397. The summed E-state index contributed by atoms with van der Waals surface area (Å²) < 4.78 is 5.69. The van der Waals surface area contributed by atoms with Crippen LogP contribution in [0, 0.1) is 0 Å². The van der Waals surface area contributed by atoms with Gasteiger partial charge in [0.1, 0.15) is 0 Å². The van der Waals surface area contributed by atoms with E-state index in [0.717, 1.165) is 18.4 Å². The van der Waals surface area contributed by atoms with Crippen LogP contribution in [0.3, 0.4) is 0 Å². The lowest BCUT2D eigenvalue weighted by atomic mass is 9.95. The Labute approximate surface area is 170 Å². The minimum Gasteiger partial charge on any atom is -0.441 e. The Morgan fingerprint density at radius 3 is 2.68 bits per heavy atom. The van der Waals surface area contributed by atoms with Gasteiger partial charge in [-0.1, -0.05) is 43.0 Å². The van der Waals surface area contributed by atoms with Gasteiger partial charge >= 0.3 is 0 Å². The quantitative estimate of drug-likeness (QED) is 0.700. The third-order valence-corrected chi connectivity index (χ3v) is 5.23. The Balaban J connectivity index is 1.35. The van der Waals surface area contributed by atoms with E-state index >= 15 is 0 Å². The predicted molar refractivity (Wildman–Crippen MR) is 108 cm³/mol. The molecule has 7 heteroatoms. The molecule has 0 spiro atoms. The number of aryl methyl sites for hydroxylation is 1. The lowest BCUT2D eigenvalue weighted by Crippen LogP contribution is -2.38. The molecule has 1 aromatic heterocycles. The van der Waals surface area contributed by atoms with E-state index in [2.05, 4.69) is 15.6 Å². The number of amides is 2. The summed E-state index contributed by atoms with van der Waals surface area (Å²) in [6.07, 6.45) is 8.31. The average Bonchev–Trinajstić information content (AvgIpc) is 3.16. The Hall–Kier alpha value is -2.34. The third kappa shape index (κ3) is 6.09. The highest BCUT2D eigenvalue weighted by atomic mass is 35.5. The number of hydrogen-bond acceptors (Lipinski definition) is 4. The zero-order valence-corrected chi connectivity index (χ0v) is 16.6. The largest absolute Gasteiger partial charge is 0.441 e. The van der Waals surface area contributed by atoms with Crippen LogP contribution in [-0.2, 0) is 16.0 Å². The molecule has 6 nitrogen and oxygen atoms in total. The van der Waals surface area contributed by atoms with Crippen LogP contribution in [-0.4, -0.2) is 29.4 Å². The Kier molecular flexibility index (Phi) is 7.48. The van der Waals surface area contributed by atoms with Gasteiger partial charge < -0.3 is 15.1 Å². The van der Waals surface area contributed by atoms with Gasteiger partial charge in [0.05, 0.1) is 11.2 Å². The van der Waals surface area contributed by atoms with Crippen LogP contribution < -0.4 is 10.6 Å². The molecular weight excluding hydrogens is 378 g/mol. The number of halogens is 1. The summed E-state index contributed by atoms with van der Waals surface area (Å²) in [6.45, 7) is 0.341. The summed E-state index contributed by atoms with van der Waals surface area (Å²) in [5.74, 6) is 0.952. The molecule has 2 aromatic rings. The second kappa shape index (κ2) is 10.3. The summed E-state index contributed by atoms with van der Waals surface area (Å²) in [5.41, 5.74) is 0.774. The third-order valence-electron chi connectivity index (χ3n) is 4.90. The molecule has 2 amide bonds. The van der Waals surface area contributed by atoms with Crippen molar-refractivity contribution in [1.82, 2.24) is 15.6 Å². The van der Waals surface area contributed by atoms with E-state index in [1.54, 1.807) is 12.3 Å². The molecule has 3 rings (SSSR count). The van der Waals surface area contributed by atoms with Crippen LogP contribution in [0.1, 0.15) is 50.8 Å². The average molecular weight is 404 g/mol. The SMILES string of the molecule is O=C(CCc1ncc(-c2ccccc2Cl)o1)NCCC(=O)NC1CCCCC1. The van der Waals surface area contributed by atoms with Crippen LogP contribution in [0.25, 0.3) is 11.3 Å². The van der Waals surface area contributed by atoms with Crippen molar-refractivity contribution in [1.29, 1.82) is 0 Å². The predicted octanol–water partition coefficient (Wildman–Crippen LogP) is 3.88. The molecule has 1 aromatic carbocycles. The van der Waals surface area contributed by atoms with Gasteiger partial charge in [-0.2, -0.15) is 0 Å². The molecule has 0 bridgehead atoms. The maximum absolute atomic E-state index is 12.0. The molecule has 150 valence electrons. The number of carbonyl (C=O) groups excluding carboxylic acids is 2. The molecule has 0 atom stereocenters. The number of rotatable bonds is 8. The number of nitrogens with one attached hydrogen (secondary N) is 2. The van der Waals surface area contributed by atoms with Crippen molar-refractivity contribution >= 4 is 23.4 Å². The summed E-state index contributed by atoms with van der Waals surface area (Å²) in [5, 5.41) is 6.42. The first-order valence-electron chi connectivity index (χ1n) is 9.87. The maximum Gasteiger partial charge on any atom is 0.221 e. The molecule has 1 aliphatic rings. The van der Waals surface area contributed by atoms with Gasteiger partial charge in [-0.15, -0.1) is 0 Å². The van der Waals surface area contributed by atoms with Gasteiger partial charge in [-0.25, -0.2) is 4.98 Å². The first-order chi connectivity index (χ1) is 13.6. The molecule has 1 aliphatic carbocycles. The van der Waals surface area contributed by atoms with Gasteiger partial charge in [-0.05, 0) is 25.0 Å². The van der Waals surface area contributed by atoms with E-state index < -0.39 is 0 Å². The molecule has 1 fully saturated rings. The Morgan fingerprint density at radius 2 is 1.89 bits per heavy atom. The van der Waals surface area contributed by atoms with E-state index in [1.165, 1.54) is 19.3 Å². The molecule has 0 radical (unpaired) electrons. The topological polar surface area (TPSA) is 84.2 Å². The zero-order valence-electron chi connectivity index (χ0n) is 15.9. The van der Waals surface area contributed by atoms with Gasteiger partial charge in [-0.3, -0.25) is 9.59 Å². The van der Waals surface area contributed by atoms with E-state index in [9.17, 15) is 9.59 Å². The van der Waals surface area contributed by atoms with Crippen LogP contribution in [0.2, 0.25) is 5.02 Å². The van der Waals surface area contributed by atoms with E-state index in [-0.39, 0.29) is 18.2 Å². The van der Waals surface area contributed by atoms with Gasteiger partial charge in [0.15, 0.2) is 11.7 Å². The standard InChI is InChI=1S/C21H26ClN3O3/c22-17-9-5-4-8-16(17)18-14-24-21(28-18)11-10-19(26)23-13-12-20(27)25-15-6-2-1-3-7-15/h4-5,8-9,14-15H,1-3,6-7,10-13H2,(H,23,26)(H,25,27). The summed E-state index contributed by atoms with van der Waals surface area (Å²) in [4.78, 5) is 28.1. The first-order valence-corrected chi connectivity index (χ1v) is 10.3. The van der Waals surface area contributed by atoms with Gasteiger partial charge in [0.2, 0.25) is 11.8 Å². The monoisotopic (exact) mass is 403 g/mol. The fraction of sp³-hybridized carbons (Fsp3) is 0.476. The summed E-state index contributed by atoms with van der Waals surface area (Å²) in [7, 11) is 0. The molecule has 1 saturated carbocycles. The lowest BCUT2D eigenvalue weighted by molar-refractivity contribution is -0.122. The molecule has 0 aliphatic heterocycles. The summed E-state index contributed by atoms with van der Waals surface area (Å²) in [6, 6.07) is 7.67. The van der Waals surface area contributed by atoms with Crippen LogP contribution >= 0.6 is 11.6 Å². The Bertz CT molecular complexity index is 800. The number of oxazole rings is 1. The second-order valence-electron chi connectivity index (χ2n) is 7.10. The van der Waals surface area contributed by atoms with E-state index in [4.69, 9.17) is 16.0 Å². The molecular formula is C21H26ClN3O3. The van der Waals surface area contributed by atoms with Gasteiger partial charge in [0, 0.05) is 37.4 Å². The van der Waals surface area contributed by atoms with Crippen molar-refractivity contribution in [3.8, 4) is 11.3 Å². The number of carbonyl (C=O) groups is 2. The smallest absolute Gasteiger partial charge is 0.221 e. The van der Waals surface area contributed by atoms with Crippen molar-refractivity contribution in [2.45, 2.75) is 57.4 Å². The van der Waals surface area contributed by atoms with Crippen LogP contribution in [0.5, 0.6) is 0 Å². The number of nitrogens with zero attached hydrogens (tertiary/aromatic N) is 1. The minimum atomic E-state index is -0.122. The van der Waals surface area contributed by atoms with Crippen LogP contribution in [0.15, 0.2) is 34.9 Å². The highest BCUT2D eigenvalue weighted by molar-refractivity contribution is 6.33. The molecule has 28 heavy (non-hydrogen) atoms. The zero-order chi connectivity index (χ0) is 19.8. The molecule has 2 N–H and O–H groups in total. The summed E-state index contributed by atoms with van der Waals surface area (Å²) >= 11 is 6.16. The van der Waals surface area contributed by atoms with E-state index in [0.29, 0.717) is 42.1 Å². The van der Waals surface area contributed by atoms with Crippen molar-refractivity contribution in [3.05, 3.63) is 41.4 Å². The first kappa shape index (κ1) is 20.4. The van der Waals surface area contributed by atoms with Crippen molar-refractivity contribution in [2.24, 2.45) is 0 Å². The van der Waals surface area contributed by atoms with E-state index in [1.807, 2.05) is 18.2 Å². The van der Waals surface area contributed by atoms with Crippen molar-refractivity contribution in [2.75, 3.05) is 6.54 Å². The number of hydrogen-bond donors (Lipinski definition) is 2. The Morgan fingerprint density at radius 1 is 1.11 bits per heavy atom. The second-order valence-corrected chi connectivity index (χ2v) is 7.51. The molecule has 0 saturated heterocycles. The molecule has 0 unspecified atom stereocenters. The highest BCUT2D eigenvalue weighted by Gasteiger charge is 2.16. The van der Waals surface area contributed by atoms with Crippen molar-refractivity contribution in [3.63, 3.8) is 0 Å². The van der Waals surface area contributed by atoms with Crippen LogP contribution in [0.4, 0.5) is 0 Å². The fourth-order valence-corrected chi connectivity index (χ4v) is 3.61. The number of aromatic nitrogens is 1. The fourth-order valence-electron chi connectivity index (χ4n) is 3.38. The lowest BCUT2D eigenvalue weighted by Gasteiger charge is -2.22. The molecule has 1 heterocycles.